The van der Waals surface area contributed by atoms with Crippen molar-refractivity contribution in [1.82, 2.24) is 0 Å². The van der Waals surface area contributed by atoms with Crippen molar-refractivity contribution in [1.29, 1.82) is 10.5 Å². The van der Waals surface area contributed by atoms with E-state index in [4.69, 9.17) is 19.5 Å². The van der Waals surface area contributed by atoms with Gasteiger partial charge in [-0.1, -0.05) is 19.8 Å². The minimum absolute atomic E-state index is 0.0462. The van der Waals surface area contributed by atoms with Crippen LogP contribution in [0.4, 0.5) is 0 Å². The van der Waals surface area contributed by atoms with Crippen molar-refractivity contribution in [2.75, 3.05) is 13.2 Å². The summed E-state index contributed by atoms with van der Waals surface area (Å²) in [5, 5.41) is 18.2. The number of carbonyl (C=O) groups excluding carboxylic acids is 1. The number of nitriles is 2. The molecule has 0 radical (unpaired) electrons. The van der Waals surface area contributed by atoms with Gasteiger partial charge >= 0.3 is 5.97 Å². The molecule has 0 bridgehead atoms. The molecule has 1 saturated heterocycles. The first kappa shape index (κ1) is 17.9. The first-order valence-corrected chi connectivity index (χ1v) is 8.00. The van der Waals surface area contributed by atoms with Crippen LogP contribution in [0.1, 0.15) is 38.2 Å². The molecule has 6 heteroatoms. The molecule has 24 heavy (non-hydrogen) atoms. The number of hydrogen-bond acceptors (Lipinski definition) is 6. The summed E-state index contributed by atoms with van der Waals surface area (Å²) >= 11 is 0. The third-order valence-corrected chi connectivity index (χ3v) is 3.87. The smallest absolute Gasteiger partial charge is 0.336 e. The molecule has 1 aromatic carbocycles. The minimum atomic E-state index is -1.46. The number of rotatable bonds is 6. The second-order valence-corrected chi connectivity index (χ2v) is 5.77. The first-order valence-electron chi connectivity index (χ1n) is 8.00. The molecular weight excluding hydrogens is 308 g/mol. The fourth-order valence-corrected chi connectivity index (χ4v) is 2.32. The standard InChI is InChI=1S/C18H20N2O4/c1-2-3-4-5-16-22-12-18(11-20,13-23-16)17(21)24-15-8-6-14(10-19)7-9-15/h6-9,16H,2-5,12-13H2,1H3. The van der Waals surface area contributed by atoms with Crippen molar-refractivity contribution in [3.8, 4) is 17.9 Å². The van der Waals surface area contributed by atoms with Gasteiger partial charge in [0.1, 0.15) is 5.75 Å². The van der Waals surface area contributed by atoms with Crippen molar-refractivity contribution >= 4 is 5.97 Å². The normalized spacial score (nSPS) is 23.0. The highest BCUT2D eigenvalue weighted by atomic mass is 16.7. The van der Waals surface area contributed by atoms with Crippen LogP contribution in [0.3, 0.4) is 0 Å². The molecule has 0 saturated carbocycles. The predicted octanol–water partition coefficient (Wildman–Crippen LogP) is 2.93. The van der Waals surface area contributed by atoms with Crippen molar-refractivity contribution in [2.45, 2.75) is 38.9 Å². The number of esters is 1. The lowest BCUT2D eigenvalue weighted by Gasteiger charge is -2.33. The molecule has 0 aliphatic carbocycles. The number of unbranched alkanes of at least 4 members (excludes halogenated alkanes) is 2. The van der Waals surface area contributed by atoms with Crippen LogP contribution in [-0.2, 0) is 14.3 Å². The summed E-state index contributed by atoms with van der Waals surface area (Å²) in [6.07, 6.45) is 3.55. The number of hydrogen-bond donors (Lipinski definition) is 0. The van der Waals surface area contributed by atoms with E-state index in [2.05, 4.69) is 6.92 Å². The third-order valence-electron chi connectivity index (χ3n) is 3.87. The largest absolute Gasteiger partial charge is 0.425 e. The van der Waals surface area contributed by atoms with Gasteiger partial charge in [0.2, 0.25) is 5.41 Å². The van der Waals surface area contributed by atoms with Gasteiger partial charge in [-0.05, 0) is 37.1 Å². The zero-order valence-corrected chi connectivity index (χ0v) is 13.7. The molecule has 0 unspecified atom stereocenters. The quantitative estimate of drug-likeness (QED) is 0.453. The third kappa shape index (κ3) is 4.32. The van der Waals surface area contributed by atoms with E-state index < -0.39 is 11.4 Å². The molecule has 0 spiro atoms. The molecule has 6 nitrogen and oxygen atoms in total. The van der Waals surface area contributed by atoms with Crippen LogP contribution in [0, 0.1) is 28.1 Å². The number of nitrogens with zero attached hydrogens (tertiary/aromatic N) is 2. The summed E-state index contributed by atoms with van der Waals surface area (Å²) < 4.78 is 16.3. The molecule has 1 fully saturated rings. The summed E-state index contributed by atoms with van der Waals surface area (Å²) in [6.45, 7) is 2.02. The zero-order chi connectivity index (χ0) is 17.4. The number of ether oxygens (including phenoxy) is 3. The number of benzene rings is 1. The topological polar surface area (TPSA) is 92.3 Å². The maximum absolute atomic E-state index is 12.4. The van der Waals surface area contributed by atoms with E-state index in [0.717, 1.165) is 25.7 Å². The van der Waals surface area contributed by atoms with Crippen LogP contribution in [0.5, 0.6) is 5.75 Å². The monoisotopic (exact) mass is 328 g/mol. The predicted molar refractivity (Wildman–Crippen MR) is 84.7 cm³/mol. The molecule has 1 aromatic rings. The molecular formula is C18H20N2O4. The Labute approximate surface area is 141 Å². The Hall–Kier alpha value is -2.41. The van der Waals surface area contributed by atoms with Crippen LogP contribution in [0.15, 0.2) is 24.3 Å². The lowest BCUT2D eigenvalue weighted by atomic mass is 9.91. The highest BCUT2D eigenvalue weighted by Gasteiger charge is 2.46. The van der Waals surface area contributed by atoms with Gasteiger partial charge in [0.25, 0.3) is 0 Å². The fourth-order valence-electron chi connectivity index (χ4n) is 2.32. The van der Waals surface area contributed by atoms with E-state index in [1.807, 2.05) is 12.1 Å². The Balaban J connectivity index is 1.94. The molecule has 2 rings (SSSR count). The summed E-state index contributed by atoms with van der Waals surface area (Å²) in [4.78, 5) is 12.4. The Morgan fingerprint density at radius 2 is 1.92 bits per heavy atom. The molecule has 1 aliphatic rings. The summed E-state index contributed by atoms with van der Waals surface area (Å²) in [7, 11) is 0. The number of carbonyl (C=O) groups is 1. The van der Waals surface area contributed by atoms with Gasteiger partial charge in [-0.15, -0.1) is 0 Å². The highest BCUT2D eigenvalue weighted by Crippen LogP contribution is 2.28. The van der Waals surface area contributed by atoms with Crippen LogP contribution >= 0.6 is 0 Å². The van der Waals surface area contributed by atoms with E-state index >= 15 is 0 Å². The molecule has 0 amide bonds. The van der Waals surface area contributed by atoms with E-state index in [9.17, 15) is 10.1 Å². The van der Waals surface area contributed by atoms with Gasteiger partial charge in [-0.2, -0.15) is 10.5 Å². The Kier molecular flexibility index (Phi) is 6.31. The average Bonchev–Trinajstić information content (AvgIpc) is 2.63. The van der Waals surface area contributed by atoms with Crippen LogP contribution in [0.25, 0.3) is 0 Å². The highest BCUT2D eigenvalue weighted by molar-refractivity contribution is 5.82. The van der Waals surface area contributed by atoms with E-state index in [1.165, 1.54) is 12.1 Å². The van der Waals surface area contributed by atoms with Gasteiger partial charge in [0.05, 0.1) is 30.9 Å². The van der Waals surface area contributed by atoms with Gasteiger partial charge in [-0.3, -0.25) is 0 Å². The van der Waals surface area contributed by atoms with Crippen molar-refractivity contribution < 1.29 is 19.0 Å². The van der Waals surface area contributed by atoms with Gasteiger partial charge in [0.15, 0.2) is 6.29 Å². The summed E-state index contributed by atoms with van der Waals surface area (Å²) in [6, 6.07) is 10.1. The Morgan fingerprint density at radius 3 is 2.46 bits per heavy atom. The average molecular weight is 328 g/mol. The van der Waals surface area contributed by atoms with Crippen molar-refractivity contribution in [2.24, 2.45) is 5.41 Å². The molecule has 1 aliphatic heterocycles. The molecule has 1 heterocycles. The van der Waals surface area contributed by atoms with Gasteiger partial charge < -0.3 is 14.2 Å². The lowest BCUT2D eigenvalue weighted by molar-refractivity contribution is -0.223. The van der Waals surface area contributed by atoms with E-state index in [-0.39, 0.29) is 25.3 Å². The van der Waals surface area contributed by atoms with Crippen molar-refractivity contribution in [3.05, 3.63) is 29.8 Å². The summed E-state index contributed by atoms with van der Waals surface area (Å²) in [5.74, 6) is -0.430. The second kappa shape index (κ2) is 8.44. The maximum atomic E-state index is 12.4. The van der Waals surface area contributed by atoms with E-state index in [0.29, 0.717) is 5.56 Å². The lowest BCUT2D eigenvalue weighted by Crippen LogP contribution is -2.48. The van der Waals surface area contributed by atoms with Crippen LogP contribution in [-0.4, -0.2) is 25.5 Å². The van der Waals surface area contributed by atoms with Crippen LogP contribution < -0.4 is 4.74 Å². The minimum Gasteiger partial charge on any atom is -0.425 e. The molecule has 126 valence electrons. The first-order chi connectivity index (χ1) is 11.6. The molecule has 0 atom stereocenters. The second-order valence-electron chi connectivity index (χ2n) is 5.77. The maximum Gasteiger partial charge on any atom is 0.336 e. The van der Waals surface area contributed by atoms with Crippen LogP contribution in [0.2, 0.25) is 0 Å². The fraction of sp³-hybridized carbons (Fsp3) is 0.500. The molecule has 0 aromatic heterocycles. The Morgan fingerprint density at radius 1 is 1.25 bits per heavy atom. The summed E-state index contributed by atoms with van der Waals surface area (Å²) in [5.41, 5.74) is -1.00. The SMILES string of the molecule is CCCCCC1OCC(C#N)(C(=O)Oc2ccc(C#N)cc2)CO1. The van der Waals surface area contributed by atoms with Gasteiger partial charge in [-0.25, -0.2) is 4.79 Å². The van der Waals surface area contributed by atoms with Crippen molar-refractivity contribution in [3.63, 3.8) is 0 Å². The molecule has 0 N–H and O–H groups in total. The Bertz CT molecular complexity index is 634. The van der Waals surface area contributed by atoms with E-state index in [1.54, 1.807) is 12.1 Å². The zero-order valence-electron chi connectivity index (χ0n) is 13.7. The van der Waals surface area contributed by atoms with Gasteiger partial charge in [0, 0.05) is 0 Å².